The highest BCUT2D eigenvalue weighted by Crippen LogP contribution is 2.18. The van der Waals surface area contributed by atoms with E-state index in [1.54, 1.807) is 4.90 Å². The summed E-state index contributed by atoms with van der Waals surface area (Å²) in [7, 11) is 0. The van der Waals surface area contributed by atoms with Gasteiger partial charge < -0.3 is 4.90 Å². The SMILES string of the molecule is ClC(Cl)=C[C@@H](c1ccccc1)[NH+]1CCCC1. The maximum atomic E-state index is 5.81. The largest absolute Gasteiger partial charge is 0.325 e. The Morgan fingerprint density at radius 2 is 1.75 bits per heavy atom. The maximum absolute atomic E-state index is 5.81. The molecule has 1 aliphatic heterocycles. The van der Waals surface area contributed by atoms with E-state index in [-0.39, 0.29) is 0 Å². The van der Waals surface area contributed by atoms with Gasteiger partial charge in [-0.15, -0.1) is 0 Å². The Morgan fingerprint density at radius 1 is 1.12 bits per heavy atom. The Balaban J connectivity index is 2.24. The molecule has 0 saturated carbocycles. The number of hydrogen-bond donors (Lipinski definition) is 1. The highest BCUT2D eigenvalue weighted by molar-refractivity contribution is 6.55. The molecule has 1 atom stereocenters. The van der Waals surface area contributed by atoms with E-state index in [0.29, 0.717) is 10.5 Å². The second-order valence-corrected chi connectivity index (χ2v) is 5.22. The van der Waals surface area contributed by atoms with E-state index in [2.05, 4.69) is 24.3 Å². The van der Waals surface area contributed by atoms with E-state index in [9.17, 15) is 0 Å². The van der Waals surface area contributed by atoms with Crippen LogP contribution in [0.3, 0.4) is 0 Å². The molecule has 0 bridgehead atoms. The lowest BCUT2D eigenvalue weighted by atomic mass is 10.1. The molecule has 3 heteroatoms. The van der Waals surface area contributed by atoms with Gasteiger partial charge in [0.25, 0.3) is 0 Å². The third-order valence-electron chi connectivity index (χ3n) is 3.14. The molecule has 0 unspecified atom stereocenters. The molecule has 0 amide bonds. The predicted molar refractivity (Wildman–Crippen MR) is 68.9 cm³/mol. The smallest absolute Gasteiger partial charge is 0.134 e. The minimum Gasteiger partial charge on any atom is -0.325 e. The Hall–Kier alpha value is -0.500. The van der Waals surface area contributed by atoms with Gasteiger partial charge in [-0.25, -0.2) is 0 Å². The molecule has 1 N–H and O–H groups in total. The first-order chi connectivity index (χ1) is 7.77. The van der Waals surface area contributed by atoms with Crippen LogP contribution in [0.2, 0.25) is 0 Å². The summed E-state index contributed by atoms with van der Waals surface area (Å²) in [6.45, 7) is 2.41. The first-order valence-electron chi connectivity index (χ1n) is 5.70. The zero-order valence-electron chi connectivity index (χ0n) is 9.13. The van der Waals surface area contributed by atoms with Crippen LogP contribution in [0.5, 0.6) is 0 Å². The van der Waals surface area contributed by atoms with Crippen LogP contribution in [0.4, 0.5) is 0 Å². The van der Waals surface area contributed by atoms with Crippen LogP contribution in [0.25, 0.3) is 0 Å². The molecular weight excluding hydrogens is 241 g/mol. The molecule has 1 heterocycles. The van der Waals surface area contributed by atoms with Crippen LogP contribution in [0.1, 0.15) is 24.4 Å². The molecule has 2 rings (SSSR count). The number of benzene rings is 1. The zero-order valence-corrected chi connectivity index (χ0v) is 10.6. The Kier molecular flexibility index (Phi) is 4.28. The zero-order chi connectivity index (χ0) is 11.4. The highest BCUT2D eigenvalue weighted by Gasteiger charge is 2.25. The van der Waals surface area contributed by atoms with Crippen molar-refractivity contribution in [2.75, 3.05) is 13.1 Å². The molecule has 1 aromatic carbocycles. The minimum atomic E-state index is 0.300. The number of nitrogens with one attached hydrogen (secondary N) is 1. The molecular formula is C13H16Cl2N+. The van der Waals surface area contributed by atoms with Crippen molar-refractivity contribution < 1.29 is 4.90 Å². The van der Waals surface area contributed by atoms with E-state index < -0.39 is 0 Å². The molecule has 0 spiro atoms. The molecule has 1 saturated heterocycles. The quantitative estimate of drug-likeness (QED) is 0.849. The first kappa shape index (κ1) is 12.0. The topological polar surface area (TPSA) is 4.44 Å². The van der Waals surface area contributed by atoms with Crippen LogP contribution in [-0.4, -0.2) is 13.1 Å². The van der Waals surface area contributed by atoms with Crippen molar-refractivity contribution in [1.29, 1.82) is 0 Å². The summed E-state index contributed by atoms with van der Waals surface area (Å²) in [5.74, 6) is 0. The third-order valence-corrected chi connectivity index (χ3v) is 3.39. The van der Waals surface area contributed by atoms with E-state index in [1.165, 1.54) is 31.5 Å². The monoisotopic (exact) mass is 256 g/mol. The number of quaternary nitrogens is 1. The van der Waals surface area contributed by atoms with Gasteiger partial charge in [0.2, 0.25) is 0 Å². The Morgan fingerprint density at radius 3 is 2.31 bits per heavy atom. The summed E-state index contributed by atoms with van der Waals surface area (Å²) in [5, 5.41) is 0. The van der Waals surface area contributed by atoms with Crippen LogP contribution in [-0.2, 0) is 0 Å². The first-order valence-corrected chi connectivity index (χ1v) is 6.45. The second kappa shape index (κ2) is 5.72. The van der Waals surface area contributed by atoms with Crippen LogP contribution >= 0.6 is 23.2 Å². The maximum Gasteiger partial charge on any atom is 0.134 e. The molecule has 0 aromatic heterocycles. The lowest BCUT2D eigenvalue weighted by molar-refractivity contribution is -0.912. The van der Waals surface area contributed by atoms with Crippen molar-refractivity contribution in [2.24, 2.45) is 0 Å². The number of rotatable bonds is 3. The molecule has 1 nitrogen and oxygen atoms in total. The van der Waals surface area contributed by atoms with E-state index in [0.717, 1.165) is 0 Å². The van der Waals surface area contributed by atoms with Gasteiger partial charge in [-0.3, -0.25) is 0 Å². The Bertz CT molecular complexity index is 351. The van der Waals surface area contributed by atoms with Gasteiger partial charge in [0.15, 0.2) is 0 Å². The summed E-state index contributed by atoms with van der Waals surface area (Å²) >= 11 is 11.6. The fourth-order valence-electron chi connectivity index (χ4n) is 2.38. The van der Waals surface area contributed by atoms with Crippen molar-refractivity contribution in [3.63, 3.8) is 0 Å². The highest BCUT2D eigenvalue weighted by atomic mass is 35.5. The number of halogens is 2. The normalized spacial score (nSPS) is 18.4. The minimum absolute atomic E-state index is 0.300. The predicted octanol–water partition coefficient (Wildman–Crippen LogP) is 2.73. The van der Waals surface area contributed by atoms with Crippen LogP contribution < -0.4 is 4.90 Å². The third kappa shape index (κ3) is 3.00. The molecule has 0 aliphatic carbocycles. The molecule has 1 aliphatic rings. The van der Waals surface area contributed by atoms with E-state index in [4.69, 9.17) is 23.2 Å². The fourth-order valence-corrected chi connectivity index (χ4v) is 2.63. The van der Waals surface area contributed by atoms with Crippen molar-refractivity contribution >= 4 is 23.2 Å². The average molecular weight is 257 g/mol. The van der Waals surface area contributed by atoms with E-state index in [1.807, 2.05) is 12.1 Å². The summed E-state index contributed by atoms with van der Waals surface area (Å²) in [6, 6.07) is 10.7. The van der Waals surface area contributed by atoms with Crippen molar-refractivity contribution in [2.45, 2.75) is 18.9 Å². The van der Waals surface area contributed by atoms with Gasteiger partial charge in [-0.2, -0.15) is 0 Å². The summed E-state index contributed by atoms with van der Waals surface area (Å²) in [5.41, 5.74) is 1.29. The number of hydrogen-bond acceptors (Lipinski definition) is 0. The van der Waals surface area contributed by atoms with Gasteiger partial charge in [0.05, 0.1) is 13.1 Å². The summed E-state index contributed by atoms with van der Waals surface area (Å²) in [4.78, 5) is 1.56. The van der Waals surface area contributed by atoms with Crippen molar-refractivity contribution in [3.05, 3.63) is 46.5 Å². The summed E-state index contributed by atoms with van der Waals surface area (Å²) < 4.78 is 0.369. The van der Waals surface area contributed by atoms with E-state index >= 15 is 0 Å². The molecule has 0 radical (unpaired) electrons. The molecule has 1 aromatic rings. The van der Waals surface area contributed by atoms with Crippen LogP contribution in [0, 0.1) is 0 Å². The van der Waals surface area contributed by atoms with Crippen molar-refractivity contribution in [1.82, 2.24) is 0 Å². The lowest BCUT2D eigenvalue weighted by Crippen LogP contribution is -3.10. The fraction of sp³-hybridized carbons (Fsp3) is 0.385. The van der Waals surface area contributed by atoms with Gasteiger partial charge in [0.1, 0.15) is 10.5 Å². The lowest BCUT2D eigenvalue weighted by Gasteiger charge is -2.22. The average Bonchev–Trinajstić information content (AvgIpc) is 2.80. The summed E-state index contributed by atoms with van der Waals surface area (Å²) in [6.07, 6.45) is 4.55. The van der Waals surface area contributed by atoms with Gasteiger partial charge in [-0.1, -0.05) is 53.5 Å². The van der Waals surface area contributed by atoms with Crippen molar-refractivity contribution in [3.8, 4) is 0 Å². The molecule has 1 fully saturated rings. The van der Waals surface area contributed by atoms with Crippen LogP contribution in [0.15, 0.2) is 40.9 Å². The van der Waals surface area contributed by atoms with Gasteiger partial charge in [0, 0.05) is 24.5 Å². The second-order valence-electron chi connectivity index (χ2n) is 4.21. The molecule has 86 valence electrons. The molecule has 16 heavy (non-hydrogen) atoms. The Labute approximate surface area is 107 Å². The number of likely N-dealkylation sites (tertiary alicyclic amines) is 1. The van der Waals surface area contributed by atoms with Gasteiger partial charge >= 0.3 is 0 Å². The van der Waals surface area contributed by atoms with Gasteiger partial charge in [-0.05, 0) is 0 Å². The standard InChI is InChI=1S/C13H15Cl2N/c14-13(15)10-12(16-8-4-5-9-16)11-6-2-1-3-7-11/h1-3,6-7,10,12H,4-5,8-9H2/p+1/t12-/m0/s1.